The van der Waals surface area contributed by atoms with Crippen molar-refractivity contribution in [3.05, 3.63) is 34.6 Å². The maximum Gasteiger partial charge on any atom is 0.127 e. The molecule has 0 aliphatic heterocycles. The van der Waals surface area contributed by atoms with Gasteiger partial charge in [-0.15, -0.1) is 0 Å². The highest BCUT2D eigenvalue weighted by Gasteiger charge is 2.24. The minimum Gasteiger partial charge on any atom is -0.207 e. The first kappa shape index (κ1) is 12.4. The Kier molecular flexibility index (Phi) is 4.26. The van der Waals surface area contributed by atoms with Crippen molar-refractivity contribution in [1.29, 1.82) is 0 Å². The highest BCUT2D eigenvalue weighted by molar-refractivity contribution is 9.09. The van der Waals surface area contributed by atoms with Crippen molar-refractivity contribution in [3.8, 4) is 0 Å². The lowest BCUT2D eigenvalue weighted by Crippen LogP contribution is -2.14. The van der Waals surface area contributed by atoms with Gasteiger partial charge in [-0.3, -0.25) is 0 Å². The lowest BCUT2D eigenvalue weighted by Gasteiger charge is -2.18. The quantitative estimate of drug-likeness (QED) is 0.691. The Bertz CT molecular complexity index is 341. The lowest BCUT2D eigenvalue weighted by molar-refractivity contribution is 0.515. The standard InChI is InChI=1S/C13H15BrClF/c14-11(9-4-1-2-5-9)8-10-12(15)6-3-7-13(10)16/h3,6-7,9,11H,1-2,4-5,8H2. The summed E-state index contributed by atoms with van der Waals surface area (Å²) in [6.07, 6.45) is 5.80. The molecule has 1 fully saturated rings. The fraction of sp³-hybridized carbons (Fsp3) is 0.538. The van der Waals surface area contributed by atoms with E-state index in [-0.39, 0.29) is 5.82 Å². The number of halogens is 3. The van der Waals surface area contributed by atoms with Crippen LogP contribution in [0.5, 0.6) is 0 Å². The summed E-state index contributed by atoms with van der Waals surface area (Å²) in [7, 11) is 0. The predicted molar refractivity (Wildman–Crippen MR) is 69.8 cm³/mol. The summed E-state index contributed by atoms with van der Waals surface area (Å²) in [5.74, 6) is 0.491. The molecule has 2 rings (SSSR count). The van der Waals surface area contributed by atoms with Gasteiger partial charge in [0.2, 0.25) is 0 Å². The van der Waals surface area contributed by atoms with Crippen LogP contribution in [0.3, 0.4) is 0 Å². The molecule has 1 aliphatic carbocycles. The molecule has 88 valence electrons. The zero-order chi connectivity index (χ0) is 11.5. The van der Waals surface area contributed by atoms with Gasteiger partial charge in [-0.05, 0) is 37.3 Å². The van der Waals surface area contributed by atoms with Crippen LogP contribution in [-0.2, 0) is 6.42 Å². The second-order valence-corrected chi connectivity index (χ2v) is 6.05. The van der Waals surface area contributed by atoms with Crippen LogP contribution in [0.15, 0.2) is 18.2 Å². The molecular weight excluding hydrogens is 290 g/mol. The van der Waals surface area contributed by atoms with Crippen LogP contribution in [0, 0.1) is 11.7 Å². The molecule has 16 heavy (non-hydrogen) atoms. The fourth-order valence-corrected chi connectivity index (χ4v) is 3.50. The van der Waals surface area contributed by atoms with Crippen molar-refractivity contribution in [1.82, 2.24) is 0 Å². The van der Waals surface area contributed by atoms with Crippen LogP contribution in [0.2, 0.25) is 5.02 Å². The van der Waals surface area contributed by atoms with E-state index in [2.05, 4.69) is 15.9 Å². The van der Waals surface area contributed by atoms with Crippen molar-refractivity contribution in [2.45, 2.75) is 36.9 Å². The molecule has 0 nitrogen and oxygen atoms in total. The Morgan fingerprint density at radius 3 is 2.69 bits per heavy atom. The number of benzene rings is 1. The van der Waals surface area contributed by atoms with Gasteiger partial charge in [0.25, 0.3) is 0 Å². The second-order valence-electron chi connectivity index (χ2n) is 4.46. The summed E-state index contributed by atoms with van der Waals surface area (Å²) in [6.45, 7) is 0. The third-order valence-electron chi connectivity index (χ3n) is 3.37. The Labute approximate surface area is 109 Å². The van der Waals surface area contributed by atoms with Crippen molar-refractivity contribution in [2.24, 2.45) is 5.92 Å². The molecule has 1 aromatic carbocycles. The molecule has 3 heteroatoms. The van der Waals surface area contributed by atoms with Crippen LogP contribution in [0.4, 0.5) is 4.39 Å². The smallest absolute Gasteiger partial charge is 0.127 e. The molecule has 0 bridgehead atoms. The van der Waals surface area contributed by atoms with Crippen molar-refractivity contribution in [2.75, 3.05) is 0 Å². The Balaban J connectivity index is 2.07. The minimum absolute atomic E-state index is 0.185. The average Bonchev–Trinajstić information content (AvgIpc) is 2.76. The molecule has 1 atom stereocenters. The van der Waals surface area contributed by atoms with E-state index in [4.69, 9.17) is 11.6 Å². The van der Waals surface area contributed by atoms with Crippen LogP contribution >= 0.6 is 27.5 Å². The summed E-state index contributed by atoms with van der Waals surface area (Å²) >= 11 is 9.70. The maximum absolute atomic E-state index is 13.6. The Morgan fingerprint density at radius 1 is 1.38 bits per heavy atom. The average molecular weight is 306 g/mol. The second kappa shape index (κ2) is 5.50. The van der Waals surface area contributed by atoms with Gasteiger partial charge in [0.15, 0.2) is 0 Å². The number of alkyl halides is 1. The molecule has 0 aromatic heterocycles. The van der Waals surface area contributed by atoms with Crippen molar-refractivity contribution < 1.29 is 4.39 Å². The molecule has 1 aromatic rings. The number of hydrogen-bond acceptors (Lipinski definition) is 0. The first-order chi connectivity index (χ1) is 7.68. The lowest BCUT2D eigenvalue weighted by atomic mass is 9.98. The van der Waals surface area contributed by atoms with Gasteiger partial charge in [-0.2, -0.15) is 0 Å². The first-order valence-electron chi connectivity index (χ1n) is 5.75. The van der Waals surface area contributed by atoms with E-state index in [0.29, 0.717) is 27.8 Å². The van der Waals surface area contributed by atoms with E-state index in [9.17, 15) is 4.39 Å². The van der Waals surface area contributed by atoms with Gasteiger partial charge < -0.3 is 0 Å². The minimum atomic E-state index is -0.185. The van der Waals surface area contributed by atoms with E-state index in [1.165, 1.54) is 31.7 Å². The third kappa shape index (κ3) is 2.78. The van der Waals surface area contributed by atoms with Gasteiger partial charge in [0.05, 0.1) is 0 Å². The van der Waals surface area contributed by atoms with Gasteiger partial charge in [-0.1, -0.05) is 46.4 Å². The van der Waals surface area contributed by atoms with E-state index in [0.717, 1.165) is 0 Å². The van der Waals surface area contributed by atoms with E-state index >= 15 is 0 Å². The molecule has 0 N–H and O–H groups in total. The number of rotatable bonds is 3. The van der Waals surface area contributed by atoms with Crippen LogP contribution in [-0.4, -0.2) is 4.83 Å². The number of hydrogen-bond donors (Lipinski definition) is 0. The van der Waals surface area contributed by atoms with Gasteiger partial charge >= 0.3 is 0 Å². The summed E-state index contributed by atoms with van der Waals surface area (Å²) < 4.78 is 13.6. The van der Waals surface area contributed by atoms with Crippen molar-refractivity contribution >= 4 is 27.5 Å². The highest BCUT2D eigenvalue weighted by atomic mass is 79.9. The molecule has 1 saturated carbocycles. The fourth-order valence-electron chi connectivity index (χ4n) is 2.41. The topological polar surface area (TPSA) is 0 Å². The summed E-state index contributed by atoms with van der Waals surface area (Å²) in [5.41, 5.74) is 0.651. The molecular formula is C13H15BrClF. The van der Waals surface area contributed by atoms with Crippen molar-refractivity contribution in [3.63, 3.8) is 0 Å². The first-order valence-corrected chi connectivity index (χ1v) is 7.05. The van der Waals surface area contributed by atoms with E-state index < -0.39 is 0 Å². The zero-order valence-electron chi connectivity index (χ0n) is 9.06. The maximum atomic E-state index is 13.6. The van der Waals surface area contributed by atoms with Gasteiger partial charge in [0, 0.05) is 15.4 Å². The SMILES string of the molecule is Fc1cccc(Cl)c1CC(Br)C1CCCC1. The van der Waals surface area contributed by atoms with Gasteiger partial charge in [0.1, 0.15) is 5.82 Å². The Hall–Kier alpha value is -0.0800. The summed E-state index contributed by atoms with van der Waals surface area (Å²) in [6, 6.07) is 4.89. The normalized spacial score (nSPS) is 18.9. The van der Waals surface area contributed by atoms with E-state index in [1.807, 2.05) is 0 Å². The molecule has 0 amide bonds. The third-order valence-corrected chi connectivity index (χ3v) is 4.80. The van der Waals surface area contributed by atoms with E-state index in [1.54, 1.807) is 12.1 Å². The molecule has 1 aliphatic rings. The monoisotopic (exact) mass is 304 g/mol. The predicted octanol–water partition coefficient (Wildman–Crippen LogP) is 4.98. The van der Waals surface area contributed by atoms with Gasteiger partial charge in [-0.25, -0.2) is 4.39 Å². The van der Waals surface area contributed by atoms with Crippen LogP contribution in [0.1, 0.15) is 31.2 Å². The molecule has 0 radical (unpaired) electrons. The summed E-state index contributed by atoms with van der Waals surface area (Å²) in [4.78, 5) is 0.351. The largest absolute Gasteiger partial charge is 0.207 e. The molecule has 1 unspecified atom stereocenters. The van der Waals surface area contributed by atoms with Crippen LogP contribution < -0.4 is 0 Å². The molecule has 0 heterocycles. The Morgan fingerprint density at radius 2 is 2.06 bits per heavy atom. The summed E-state index contributed by atoms with van der Waals surface area (Å²) in [5, 5.41) is 0.544. The van der Waals surface area contributed by atoms with Crippen LogP contribution in [0.25, 0.3) is 0 Å². The molecule has 0 spiro atoms. The molecule has 0 saturated heterocycles. The zero-order valence-corrected chi connectivity index (χ0v) is 11.4. The highest BCUT2D eigenvalue weighted by Crippen LogP contribution is 2.34.